The van der Waals surface area contributed by atoms with E-state index >= 15 is 0 Å². The van der Waals surface area contributed by atoms with Gasteiger partial charge < -0.3 is 24.6 Å². The number of nitrogens with one attached hydrogen (secondary N) is 1. The number of aliphatic hydroxyl groups excluding tert-OH is 1. The molecule has 0 aliphatic carbocycles. The van der Waals surface area contributed by atoms with Crippen molar-refractivity contribution in [2.75, 3.05) is 58.4 Å². The summed E-state index contributed by atoms with van der Waals surface area (Å²) in [6.45, 7) is 3.98. The summed E-state index contributed by atoms with van der Waals surface area (Å²) in [5.74, 6) is -0.0913. The Morgan fingerprint density at radius 1 is 1.08 bits per heavy atom. The van der Waals surface area contributed by atoms with E-state index in [1.807, 2.05) is 0 Å². The first-order valence-corrected chi connectivity index (χ1v) is 17.6. The Balaban J connectivity index is 1.54. The van der Waals surface area contributed by atoms with Crippen molar-refractivity contribution >= 4 is 21.6 Å². The Kier molecular flexibility index (Phi) is 12.0. The van der Waals surface area contributed by atoms with Gasteiger partial charge in [0.15, 0.2) is 21.5 Å². The number of hydrogen-bond donors (Lipinski definition) is 2. The molecule has 2 atom stereocenters. The Labute approximate surface area is 280 Å². The van der Waals surface area contributed by atoms with Crippen LogP contribution in [-0.2, 0) is 30.7 Å². The summed E-state index contributed by atoms with van der Waals surface area (Å²) < 4.78 is 44.9. The molecule has 0 spiro atoms. The fourth-order valence-corrected chi connectivity index (χ4v) is 7.12. The van der Waals surface area contributed by atoms with E-state index in [4.69, 9.17) is 29.8 Å². The Morgan fingerprint density at radius 3 is 2.54 bits per heavy atom. The van der Waals surface area contributed by atoms with Crippen molar-refractivity contribution in [2.24, 2.45) is 10.1 Å². The average Bonchev–Trinajstić information content (AvgIpc) is 3.52. The van der Waals surface area contributed by atoms with Crippen LogP contribution in [0.1, 0.15) is 35.6 Å². The van der Waals surface area contributed by atoms with Gasteiger partial charge in [-0.05, 0) is 53.1 Å². The van der Waals surface area contributed by atoms with Crippen LogP contribution < -0.4 is 10.1 Å². The number of carbonyl (C=O) groups is 1. The fraction of sp³-hybridized carbons (Fsp3) is 0.412. The number of carbonyl (C=O) groups excluding carboxylic acids is 1. The van der Waals surface area contributed by atoms with Crippen LogP contribution in [0.5, 0.6) is 5.75 Å². The number of morpholine rings is 1. The second kappa shape index (κ2) is 16.6. The molecule has 1 fully saturated rings. The number of amides is 1. The number of hydrogen-bond acceptors (Lipinski definition) is 10. The quantitative estimate of drug-likeness (QED) is 0.0996. The lowest BCUT2D eigenvalue weighted by molar-refractivity contribution is -0.129. The van der Waals surface area contributed by atoms with Gasteiger partial charge in [0.2, 0.25) is 5.90 Å². The molecule has 2 aliphatic rings. The maximum absolute atomic E-state index is 14.5. The maximum Gasteiger partial charge on any atom is 0.252 e. The average molecular weight is 677 g/mol. The van der Waals surface area contributed by atoms with Gasteiger partial charge in [-0.1, -0.05) is 47.6 Å². The van der Waals surface area contributed by atoms with Crippen molar-refractivity contribution in [3.05, 3.63) is 106 Å². The number of aliphatic imine (C=N–C) groups is 1. The molecular weight excluding hydrogens is 636 g/mol. The number of aliphatic hydroxyl groups is 1. The third kappa shape index (κ3) is 8.52. The van der Waals surface area contributed by atoms with Gasteiger partial charge in [-0.15, -0.1) is 0 Å². The van der Waals surface area contributed by atoms with Crippen LogP contribution in [0.25, 0.3) is 10.4 Å². The van der Waals surface area contributed by atoms with E-state index in [2.05, 4.69) is 20.2 Å². The van der Waals surface area contributed by atoms with Gasteiger partial charge in [-0.25, -0.2) is 13.4 Å². The van der Waals surface area contributed by atoms with Crippen LogP contribution in [0.3, 0.4) is 0 Å². The molecule has 2 N–H and O–H groups in total. The highest BCUT2D eigenvalue weighted by Gasteiger charge is 2.54. The van der Waals surface area contributed by atoms with Crippen molar-refractivity contribution in [3.8, 4) is 5.75 Å². The van der Waals surface area contributed by atoms with Crippen molar-refractivity contribution in [2.45, 2.75) is 35.9 Å². The first-order valence-electron chi connectivity index (χ1n) is 15.9. The summed E-state index contributed by atoms with van der Waals surface area (Å²) >= 11 is 0. The largest absolute Gasteiger partial charge is 0.494 e. The topological polar surface area (TPSA) is 176 Å². The van der Waals surface area contributed by atoms with Crippen molar-refractivity contribution in [1.82, 2.24) is 10.2 Å². The zero-order valence-corrected chi connectivity index (χ0v) is 27.4. The third-order valence-electron chi connectivity index (χ3n) is 8.34. The van der Waals surface area contributed by atoms with E-state index in [0.29, 0.717) is 61.8 Å². The maximum atomic E-state index is 14.5. The van der Waals surface area contributed by atoms with Crippen molar-refractivity contribution < 1.29 is 32.5 Å². The third-order valence-corrected chi connectivity index (χ3v) is 10.1. The minimum atomic E-state index is -3.81. The van der Waals surface area contributed by atoms with Gasteiger partial charge in [-0.2, -0.15) is 0 Å². The second-order valence-electron chi connectivity index (χ2n) is 11.5. The number of rotatable bonds is 16. The predicted molar refractivity (Wildman–Crippen MR) is 179 cm³/mol. The van der Waals surface area contributed by atoms with Gasteiger partial charge in [0.1, 0.15) is 5.75 Å². The highest BCUT2D eigenvalue weighted by atomic mass is 32.2. The summed E-state index contributed by atoms with van der Waals surface area (Å²) in [6.07, 6.45) is -0.726. The highest BCUT2D eigenvalue weighted by molar-refractivity contribution is 7.91. The summed E-state index contributed by atoms with van der Waals surface area (Å²) in [5.41, 5.74) is 9.15. The zero-order valence-electron chi connectivity index (χ0n) is 26.6. The second-order valence-corrected chi connectivity index (χ2v) is 13.6. The summed E-state index contributed by atoms with van der Waals surface area (Å²) in [5, 5.41) is 15.9. The SMILES string of the molecule is [N-]=[N+]=NCc1ccccc1[C@@H]1OC(c2ccc(OCCCO)cc2)=N[C@]1(CCS(=O)(=O)c1ccccc1)C(=O)NCCN1CCOCC1. The van der Waals surface area contributed by atoms with Crippen LogP contribution in [0, 0.1) is 0 Å². The minimum absolute atomic E-state index is 0.00120. The molecular formula is C34H40N6O7S. The lowest BCUT2D eigenvalue weighted by atomic mass is 9.83. The van der Waals surface area contributed by atoms with E-state index < -0.39 is 27.4 Å². The van der Waals surface area contributed by atoms with Crippen LogP contribution in [0.4, 0.5) is 0 Å². The van der Waals surface area contributed by atoms with Gasteiger partial charge in [0, 0.05) is 56.1 Å². The van der Waals surface area contributed by atoms with E-state index in [-0.39, 0.29) is 36.1 Å². The van der Waals surface area contributed by atoms with Crippen LogP contribution in [0.2, 0.25) is 0 Å². The molecule has 48 heavy (non-hydrogen) atoms. The van der Waals surface area contributed by atoms with Gasteiger partial charge in [0.05, 0.1) is 37.0 Å². The standard InChI is InChI=1S/C34H40N6O7S/c35-39-37-25-27-7-4-5-10-30(27)31-34(15-24-48(43,44)29-8-2-1-3-9-29,33(42)36-16-17-40-18-22-45-23-19-40)38-32(47-31)26-11-13-28(14-12-26)46-21-6-20-41/h1-5,7-14,31,41H,6,15-25H2,(H,36,42)/t31-,34-/m0/s1. The van der Waals surface area contributed by atoms with Gasteiger partial charge in [-0.3, -0.25) is 9.69 Å². The molecule has 1 saturated heterocycles. The van der Waals surface area contributed by atoms with Gasteiger partial charge in [0.25, 0.3) is 5.91 Å². The zero-order chi connectivity index (χ0) is 33.8. The Morgan fingerprint density at radius 2 is 1.81 bits per heavy atom. The first-order chi connectivity index (χ1) is 23.4. The van der Waals surface area contributed by atoms with E-state index in [0.717, 1.165) is 13.1 Å². The fourth-order valence-electron chi connectivity index (χ4n) is 5.73. The molecule has 1 amide bonds. The monoisotopic (exact) mass is 676 g/mol. The number of benzene rings is 3. The molecule has 0 saturated carbocycles. The molecule has 0 unspecified atom stereocenters. The van der Waals surface area contributed by atoms with E-state index in [1.165, 1.54) is 12.1 Å². The minimum Gasteiger partial charge on any atom is -0.494 e. The van der Waals surface area contributed by atoms with Crippen LogP contribution in [-0.4, -0.2) is 94.1 Å². The Bertz CT molecular complexity index is 1710. The molecule has 254 valence electrons. The lowest BCUT2D eigenvalue weighted by Gasteiger charge is -2.32. The number of nitrogens with zero attached hydrogens (tertiary/aromatic N) is 5. The summed E-state index contributed by atoms with van der Waals surface area (Å²) in [7, 11) is -3.81. The normalized spacial score (nSPS) is 19.5. The smallest absolute Gasteiger partial charge is 0.252 e. The molecule has 2 aliphatic heterocycles. The summed E-state index contributed by atoms with van der Waals surface area (Å²) in [4.78, 5) is 24.7. The number of azide groups is 1. The van der Waals surface area contributed by atoms with E-state index in [1.54, 1.807) is 66.7 Å². The van der Waals surface area contributed by atoms with Crippen molar-refractivity contribution in [3.63, 3.8) is 0 Å². The lowest BCUT2D eigenvalue weighted by Crippen LogP contribution is -2.51. The molecule has 3 aromatic rings. The molecule has 5 rings (SSSR count). The molecule has 14 heteroatoms. The molecule has 2 heterocycles. The van der Waals surface area contributed by atoms with Crippen molar-refractivity contribution in [1.29, 1.82) is 0 Å². The number of ether oxygens (including phenoxy) is 3. The molecule has 3 aromatic carbocycles. The highest BCUT2D eigenvalue weighted by Crippen LogP contribution is 2.44. The predicted octanol–water partition coefficient (Wildman–Crippen LogP) is 3.83. The van der Waals surface area contributed by atoms with E-state index in [9.17, 15) is 13.2 Å². The molecule has 0 radical (unpaired) electrons. The van der Waals surface area contributed by atoms with Gasteiger partial charge >= 0.3 is 0 Å². The summed E-state index contributed by atoms with van der Waals surface area (Å²) in [6, 6.07) is 22.2. The molecule has 0 bridgehead atoms. The first kappa shape index (κ1) is 34.9. The molecule has 13 nitrogen and oxygen atoms in total. The van der Waals surface area contributed by atoms with Crippen LogP contribution in [0.15, 0.2) is 93.9 Å². The Hall–Kier alpha value is -4.46. The van der Waals surface area contributed by atoms with Crippen LogP contribution >= 0.6 is 0 Å². The number of sulfone groups is 1. The molecule has 0 aromatic heterocycles.